The van der Waals surface area contributed by atoms with Crippen molar-refractivity contribution in [2.75, 3.05) is 5.73 Å². The number of nitrogen functional groups attached to an aromatic ring is 1. The van der Waals surface area contributed by atoms with Crippen molar-refractivity contribution in [3.63, 3.8) is 0 Å². The Morgan fingerprint density at radius 1 is 1.25 bits per heavy atom. The molecule has 3 aromatic rings. The molecule has 0 aliphatic rings. The van der Waals surface area contributed by atoms with E-state index in [-0.39, 0.29) is 0 Å². The highest BCUT2D eigenvalue weighted by atomic mass is 16.5. The third-order valence-electron chi connectivity index (χ3n) is 3.10. The molecule has 2 aromatic carbocycles. The molecule has 0 amide bonds. The van der Waals surface area contributed by atoms with Crippen molar-refractivity contribution >= 4 is 29.1 Å². The Morgan fingerprint density at radius 2 is 2.00 bits per heavy atom. The molecule has 100 valence electrons. The second-order valence-electron chi connectivity index (χ2n) is 4.39. The first-order valence-corrected chi connectivity index (χ1v) is 5.92. The highest BCUT2D eigenvalue weighted by Gasteiger charge is 2.15. The maximum absolute atomic E-state index is 11.2. The highest BCUT2D eigenvalue weighted by Crippen LogP contribution is 2.29. The molecule has 1 heterocycles. The van der Waals surface area contributed by atoms with Crippen molar-refractivity contribution in [1.29, 1.82) is 0 Å². The molecule has 3 rings (SSSR count). The highest BCUT2D eigenvalue weighted by molar-refractivity contribution is 5.84. The van der Waals surface area contributed by atoms with Gasteiger partial charge >= 0.3 is 0 Å². The largest absolute Gasteiger partial charge is 0.619 e. The number of nitrogens with zero attached hydrogens (tertiary/aromatic N) is 3. The number of anilines is 1. The van der Waals surface area contributed by atoms with Crippen LogP contribution in [0.15, 0.2) is 42.5 Å². The summed E-state index contributed by atoms with van der Waals surface area (Å²) in [6.07, 6.45) is 0. The standard InChI is InChI=1S/C14H12N4O2/c1-17(19)9-6-7-12-13(8-9)18(20)14(16-12)10-4-2-3-5-11(10)15/h2-8,20H,1,15H2. The van der Waals surface area contributed by atoms with E-state index in [9.17, 15) is 10.4 Å². The van der Waals surface area contributed by atoms with Gasteiger partial charge in [0, 0.05) is 23.4 Å². The third kappa shape index (κ3) is 1.74. The minimum absolute atomic E-state index is 0.330. The van der Waals surface area contributed by atoms with Gasteiger partial charge in [-0.1, -0.05) is 12.1 Å². The van der Waals surface area contributed by atoms with Gasteiger partial charge in [0.2, 0.25) is 5.69 Å². The summed E-state index contributed by atoms with van der Waals surface area (Å²) in [6, 6.07) is 11.9. The van der Waals surface area contributed by atoms with Crippen molar-refractivity contribution in [2.24, 2.45) is 0 Å². The van der Waals surface area contributed by atoms with Crippen LogP contribution in [0.5, 0.6) is 0 Å². The Hall–Kier alpha value is -3.02. The molecule has 0 aliphatic carbocycles. The molecular weight excluding hydrogens is 256 g/mol. The van der Waals surface area contributed by atoms with Gasteiger partial charge in [0.25, 0.3) is 0 Å². The topological polar surface area (TPSA) is 90.1 Å². The number of nitrogens with two attached hydrogens (primary N) is 1. The zero-order chi connectivity index (χ0) is 14.3. The molecule has 0 spiro atoms. The van der Waals surface area contributed by atoms with E-state index in [1.54, 1.807) is 30.3 Å². The SMILES string of the molecule is C=[N+]([O-])c1ccc2nc(-c3ccccc3N)n(O)c2c1. The van der Waals surface area contributed by atoms with Crippen LogP contribution < -0.4 is 5.73 Å². The van der Waals surface area contributed by atoms with E-state index in [0.717, 1.165) is 4.73 Å². The van der Waals surface area contributed by atoms with Crippen LogP contribution in [0.3, 0.4) is 0 Å². The Kier molecular flexibility index (Phi) is 2.57. The molecule has 1 aromatic heterocycles. The van der Waals surface area contributed by atoms with E-state index in [2.05, 4.69) is 11.7 Å². The van der Waals surface area contributed by atoms with Gasteiger partial charge < -0.3 is 16.1 Å². The molecule has 0 radical (unpaired) electrons. The number of imidazole rings is 1. The van der Waals surface area contributed by atoms with Crippen molar-refractivity contribution in [3.8, 4) is 11.4 Å². The van der Waals surface area contributed by atoms with Crippen molar-refractivity contribution in [3.05, 3.63) is 47.7 Å². The van der Waals surface area contributed by atoms with Crippen LogP contribution in [0.4, 0.5) is 11.4 Å². The Balaban J connectivity index is 2.26. The van der Waals surface area contributed by atoms with E-state index in [1.165, 1.54) is 6.07 Å². The first-order chi connectivity index (χ1) is 9.58. The molecule has 0 saturated heterocycles. The summed E-state index contributed by atoms with van der Waals surface area (Å²) in [5.74, 6) is 0.330. The van der Waals surface area contributed by atoms with Crippen LogP contribution in [-0.4, -0.2) is 26.4 Å². The van der Waals surface area contributed by atoms with E-state index in [4.69, 9.17) is 5.73 Å². The quantitative estimate of drug-likeness (QED) is 0.186. The Labute approximate surface area is 114 Å². The predicted molar refractivity (Wildman–Crippen MR) is 77.2 cm³/mol. The predicted octanol–water partition coefficient (Wildman–Crippen LogP) is 2.37. The molecule has 0 aliphatic heterocycles. The van der Waals surface area contributed by atoms with Gasteiger partial charge in [-0.2, -0.15) is 9.47 Å². The summed E-state index contributed by atoms with van der Waals surface area (Å²) in [6.45, 7) is 3.27. The maximum Gasteiger partial charge on any atom is 0.218 e. The number of para-hydroxylation sites is 1. The molecule has 6 nitrogen and oxygen atoms in total. The molecule has 20 heavy (non-hydrogen) atoms. The monoisotopic (exact) mass is 268 g/mol. The smallest absolute Gasteiger partial charge is 0.218 e. The molecule has 0 bridgehead atoms. The fourth-order valence-electron chi connectivity index (χ4n) is 2.08. The second kappa shape index (κ2) is 4.27. The number of hydrogen-bond donors (Lipinski definition) is 2. The molecule has 3 N–H and O–H groups in total. The fourth-order valence-corrected chi connectivity index (χ4v) is 2.08. The van der Waals surface area contributed by atoms with Gasteiger partial charge in [0.15, 0.2) is 5.82 Å². The normalized spacial score (nSPS) is 10.8. The van der Waals surface area contributed by atoms with Crippen LogP contribution >= 0.6 is 0 Å². The Bertz CT molecular complexity index is 823. The molecular formula is C14H12N4O2. The van der Waals surface area contributed by atoms with E-state index in [1.807, 2.05) is 6.07 Å². The lowest BCUT2D eigenvalue weighted by Gasteiger charge is -2.04. The van der Waals surface area contributed by atoms with E-state index < -0.39 is 0 Å². The van der Waals surface area contributed by atoms with E-state index >= 15 is 0 Å². The number of aromatic nitrogens is 2. The molecule has 0 fully saturated rings. The molecule has 6 heteroatoms. The average Bonchev–Trinajstić information content (AvgIpc) is 2.76. The summed E-state index contributed by atoms with van der Waals surface area (Å²) >= 11 is 0. The van der Waals surface area contributed by atoms with Crippen molar-refractivity contribution in [1.82, 2.24) is 9.71 Å². The van der Waals surface area contributed by atoms with Gasteiger partial charge in [0.1, 0.15) is 12.2 Å². The van der Waals surface area contributed by atoms with Crippen LogP contribution in [0.2, 0.25) is 0 Å². The summed E-state index contributed by atoms with van der Waals surface area (Å²) in [5.41, 5.74) is 8.35. The van der Waals surface area contributed by atoms with Gasteiger partial charge in [0.05, 0.1) is 5.52 Å². The van der Waals surface area contributed by atoms with Crippen LogP contribution in [0, 0.1) is 5.21 Å². The summed E-state index contributed by atoms with van der Waals surface area (Å²) in [7, 11) is 0. The van der Waals surface area contributed by atoms with Crippen LogP contribution in [0.1, 0.15) is 0 Å². The lowest BCUT2D eigenvalue weighted by Crippen LogP contribution is -1.98. The number of fused-ring (bicyclic) bond motifs is 1. The summed E-state index contributed by atoms with van der Waals surface area (Å²) in [4.78, 5) is 4.34. The summed E-state index contributed by atoms with van der Waals surface area (Å²) < 4.78 is 1.40. The van der Waals surface area contributed by atoms with Crippen molar-refractivity contribution < 1.29 is 9.95 Å². The van der Waals surface area contributed by atoms with Crippen LogP contribution in [-0.2, 0) is 0 Å². The number of benzene rings is 2. The summed E-state index contributed by atoms with van der Waals surface area (Å²) in [5, 5.41) is 21.4. The molecule has 0 saturated carbocycles. The fraction of sp³-hybridized carbons (Fsp3) is 0. The molecule has 0 unspecified atom stereocenters. The maximum atomic E-state index is 11.2. The third-order valence-corrected chi connectivity index (χ3v) is 3.10. The van der Waals surface area contributed by atoms with Crippen molar-refractivity contribution in [2.45, 2.75) is 0 Å². The van der Waals surface area contributed by atoms with Gasteiger partial charge in [-0.25, -0.2) is 4.98 Å². The zero-order valence-electron chi connectivity index (χ0n) is 10.5. The van der Waals surface area contributed by atoms with E-state index in [0.29, 0.717) is 38.5 Å². The number of hydrogen-bond acceptors (Lipinski definition) is 4. The molecule has 0 atom stereocenters. The minimum atomic E-state index is 0.330. The first kappa shape index (κ1) is 12.0. The van der Waals surface area contributed by atoms with Gasteiger partial charge in [-0.3, -0.25) is 0 Å². The van der Waals surface area contributed by atoms with Crippen LogP contribution in [0.25, 0.3) is 22.4 Å². The number of rotatable bonds is 2. The Morgan fingerprint density at radius 3 is 2.70 bits per heavy atom. The zero-order valence-corrected chi connectivity index (χ0v) is 10.5. The van der Waals surface area contributed by atoms with Gasteiger partial charge in [-0.15, -0.1) is 0 Å². The average molecular weight is 268 g/mol. The minimum Gasteiger partial charge on any atom is -0.619 e. The second-order valence-corrected chi connectivity index (χ2v) is 4.39. The first-order valence-electron chi connectivity index (χ1n) is 5.92. The van der Waals surface area contributed by atoms with Gasteiger partial charge in [-0.05, 0) is 18.2 Å². The lowest BCUT2D eigenvalue weighted by atomic mass is 10.2. The lowest BCUT2D eigenvalue weighted by molar-refractivity contribution is -0.349.